The first kappa shape index (κ1) is 12.1. The van der Waals surface area contributed by atoms with E-state index in [9.17, 15) is 9.90 Å². The molecule has 0 bridgehead atoms. The Kier molecular flexibility index (Phi) is 3.94. The molecule has 0 aliphatic heterocycles. The molecule has 0 spiro atoms. The molecule has 0 heterocycles. The number of benzene rings is 1. The third kappa shape index (κ3) is 2.34. The zero-order valence-electron chi connectivity index (χ0n) is 9.23. The summed E-state index contributed by atoms with van der Waals surface area (Å²) in [6.45, 7) is 1.86. The number of aliphatic hydroxyl groups is 1. The highest BCUT2D eigenvalue weighted by Crippen LogP contribution is 2.26. The SMILES string of the molecule is CC/C=C(/O)c1cccc(OC)c1C(=O)O. The number of carboxylic acids is 1. The van der Waals surface area contributed by atoms with Crippen LogP contribution in [0.2, 0.25) is 0 Å². The first-order valence-corrected chi connectivity index (χ1v) is 4.91. The van der Waals surface area contributed by atoms with Gasteiger partial charge in [0.1, 0.15) is 17.1 Å². The molecular weight excluding hydrogens is 208 g/mol. The topological polar surface area (TPSA) is 66.8 Å². The first-order valence-electron chi connectivity index (χ1n) is 4.91. The second-order valence-electron chi connectivity index (χ2n) is 3.19. The number of aromatic carboxylic acids is 1. The molecule has 0 radical (unpaired) electrons. The van der Waals surface area contributed by atoms with Crippen LogP contribution in [0.1, 0.15) is 29.3 Å². The lowest BCUT2D eigenvalue weighted by molar-refractivity contribution is 0.0692. The number of hydrogen-bond acceptors (Lipinski definition) is 3. The molecule has 1 aromatic carbocycles. The second-order valence-corrected chi connectivity index (χ2v) is 3.19. The summed E-state index contributed by atoms with van der Waals surface area (Å²) in [6.07, 6.45) is 2.18. The van der Waals surface area contributed by atoms with Gasteiger partial charge in [-0.05, 0) is 18.6 Å². The lowest BCUT2D eigenvalue weighted by Crippen LogP contribution is -2.05. The van der Waals surface area contributed by atoms with E-state index in [1.807, 2.05) is 6.92 Å². The molecule has 1 rings (SSSR count). The van der Waals surface area contributed by atoms with Crippen molar-refractivity contribution in [3.8, 4) is 5.75 Å². The van der Waals surface area contributed by atoms with Gasteiger partial charge in [-0.1, -0.05) is 19.1 Å². The van der Waals surface area contributed by atoms with Crippen LogP contribution in [0.3, 0.4) is 0 Å². The van der Waals surface area contributed by atoms with E-state index in [4.69, 9.17) is 9.84 Å². The van der Waals surface area contributed by atoms with E-state index in [-0.39, 0.29) is 22.6 Å². The van der Waals surface area contributed by atoms with Crippen LogP contribution < -0.4 is 4.74 Å². The van der Waals surface area contributed by atoms with Crippen LogP contribution in [0.4, 0.5) is 0 Å². The van der Waals surface area contributed by atoms with E-state index in [2.05, 4.69) is 0 Å². The summed E-state index contributed by atoms with van der Waals surface area (Å²) >= 11 is 0. The molecule has 0 atom stereocenters. The van der Waals surface area contributed by atoms with Crippen LogP contribution in [0, 0.1) is 0 Å². The maximum absolute atomic E-state index is 11.1. The number of aliphatic hydroxyl groups excluding tert-OH is 1. The average molecular weight is 222 g/mol. The summed E-state index contributed by atoms with van der Waals surface area (Å²) in [6, 6.07) is 4.74. The molecule has 86 valence electrons. The summed E-state index contributed by atoms with van der Waals surface area (Å²) in [5.74, 6) is -0.927. The molecule has 2 N–H and O–H groups in total. The molecule has 4 heteroatoms. The van der Waals surface area contributed by atoms with E-state index in [0.717, 1.165) is 0 Å². The fourth-order valence-electron chi connectivity index (χ4n) is 1.44. The lowest BCUT2D eigenvalue weighted by Gasteiger charge is -2.09. The Morgan fingerprint density at radius 1 is 1.44 bits per heavy atom. The summed E-state index contributed by atoms with van der Waals surface area (Å²) < 4.78 is 4.96. The molecule has 16 heavy (non-hydrogen) atoms. The zero-order valence-corrected chi connectivity index (χ0v) is 9.23. The van der Waals surface area contributed by atoms with Crippen molar-refractivity contribution < 1.29 is 19.7 Å². The van der Waals surface area contributed by atoms with Crippen molar-refractivity contribution in [2.24, 2.45) is 0 Å². The number of rotatable bonds is 4. The first-order chi connectivity index (χ1) is 7.61. The Bertz CT molecular complexity index is 421. The molecule has 4 nitrogen and oxygen atoms in total. The van der Waals surface area contributed by atoms with Crippen LogP contribution >= 0.6 is 0 Å². The van der Waals surface area contributed by atoms with Gasteiger partial charge in [0.05, 0.1) is 7.11 Å². The Balaban J connectivity index is 3.39. The predicted molar refractivity (Wildman–Crippen MR) is 60.9 cm³/mol. The highest BCUT2D eigenvalue weighted by molar-refractivity contribution is 5.96. The van der Waals surface area contributed by atoms with Crippen molar-refractivity contribution >= 4 is 11.7 Å². The smallest absolute Gasteiger partial charge is 0.340 e. The molecule has 0 unspecified atom stereocenters. The predicted octanol–water partition coefficient (Wildman–Crippen LogP) is 2.70. The van der Waals surface area contributed by atoms with Crippen LogP contribution in [0.5, 0.6) is 5.75 Å². The zero-order chi connectivity index (χ0) is 12.1. The van der Waals surface area contributed by atoms with Gasteiger partial charge in [-0.15, -0.1) is 0 Å². The molecule has 0 aromatic heterocycles. The summed E-state index contributed by atoms with van der Waals surface area (Å²) in [4.78, 5) is 11.1. The molecule has 1 aromatic rings. The minimum atomic E-state index is -1.12. The summed E-state index contributed by atoms with van der Waals surface area (Å²) in [7, 11) is 1.39. The minimum absolute atomic E-state index is 0.0211. The van der Waals surface area contributed by atoms with Gasteiger partial charge >= 0.3 is 5.97 Å². The Labute approximate surface area is 93.8 Å². The van der Waals surface area contributed by atoms with Gasteiger partial charge < -0.3 is 14.9 Å². The molecule has 0 saturated carbocycles. The number of carbonyl (C=O) groups is 1. The van der Waals surface area contributed by atoms with Gasteiger partial charge in [-0.3, -0.25) is 0 Å². The largest absolute Gasteiger partial charge is 0.508 e. The number of allylic oxidation sites excluding steroid dienone is 1. The van der Waals surface area contributed by atoms with Crippen molar-refractivity contribution in [1.82, 2.24) is 0 Å². The quantitative estimate of drug-likeness (QED) is 0.768. The van der Waals surface area contributed by atoms with Gasteiger partial charge in [0.25, 0.3) is 0 Å². The van der Waals surface area contributed by atoms with Crippen molar-refractivity contribution in [2.45, 2.75) is 13.3 Å². The van der Waals surface area contributed by atoms with Crippen LogP contribution in [0.15, 0.2) is 24.3 Å². The molecule has 0 aliphatic rings. The second kappa shape index (κ2) is 5.21. The fraction of sp³-hybridized carbons (Fsp3) is 0.250. The number of carboxylic acid groups (broad SMARTS) is 1. The highest BCUT2D eigenvalue weighted by atomic mass is 16.5. The Morgan fingerprint density at radius 2 is 2.12 bits per heavy atom. The number of hydrogen-bond donors (Lipinski definition) is 2. The third-order valence-electron chi connectivity index (χ3n) is 2.13. The molecule has 0 amide bonds. The van der Waals surface area contributed by atoms with Gasteiger partial charge in [-0.2, -0.15) is 0 Å². The Morgan fingerprint density at radius 3 is 2.62 bits per heavy atom. The van der Waals surface area contributed by atoms with Gasteiger partial charge in [0, 0.05) is 5.56 Å². The van der Waals surface area contributed by atoms with Crippen LogP contribution in [-0.4, -0.2) is 23.3 Å². The number of ether oxygens (including phenoxy) is 1. The monoisotopic (exact) mass is 222 g/mol. The molecule has 0 aliphatic carbocycles. The fourth-order valence-corrected chi connectivity index (χ4v) is 1.44. The molecular formula is C12H14O4. The van der Waals surface area contributed by atoms with Gasteiger partial charge in [0.2, 0.25) is 0 Å². The van der Waals surface area contributed by atoms with Crippen molar-refractivity contribution in [1.29, 1.82) is 0 Å². The summed E-state index contributed by atoms with van der Waals surface area (Å²) in [5, 5.41) is 18.8. The van der Waals surface area contributed by atoms with Crippen LogP contribution in [-0.2, 0) is 0 Å². The van der Waals surface area contributed by atoms with Crippen molar-refractivity contribution in [3.63, 3.8) is 0 Å². The summed E-state index contributed by atoms with van der Waals surface area (Å²) in [5.41, 5.74) is 0.251. The standard InChI is InChI=1S/C12H14O4/c1-3-5-9(13)8-6-4-7-10(16-2)11(8)12(14)15/h4-7,13H,3H2,1-2H3,(H,14,15)/b9-5+. The molecule has 0 saturated heterocycles. The average Bonchev–Trinajstić information content (AvgIpc) is 2.28. The lowest BCUT2D eigenvalue weighted by atomic mass is 10.0. The van der Waals surface area contributed by atoms with Crippen molar-refractivity contribution in [3.05, 3.63) is 35.4 Å². The minimum Gasteiger partial charge on any atom is -0.508 e. The maximum atomic E-state index is 11.1. The Hall–Kier alpha value is -1.97. The van der Waals surface area contributed by atoms with Crippen molar-refractivity contribution in [2.75, 3.05) is 7.11 Å². The maximum Gasteiger partial charge on any atom is 0.340 e. The highest BCUT2D eigenvalue weighted by Gasteiger charge is 2.18. The van der Waals surface area contributed by atoms with E-state index in [1.54, 1.807) is 24.3 Å². The normalized spacial score (nSPS) is 11.2. The van der Waals surface area contributed by atoms with E-state index in [0.29, 0.717) is 6.42 Å². The molecule has 0 fully saturated rings. The van der Waals surface area contributed by atoms with Crippen LogP contribution in [0.25, 0.3) is 5.76 Å². The number of methoxy groups -OCH3 is 1. The van der Waals surface area contributed by atoms with E-state index >= 15 is 0 Å². The van der Waals surface area contributed by atoms with E-state index in [1.165, 1.54) is 7.11 Å². The van der Waals surface area contributed by atoms with Gasteiger partial charge in [0.15, 0.2) is 0 Å². The van der Waals surface area contributed by atoms with E-state index < -0.39 is 5.97 Å². The third-order valence-corrected chi connectivity index (χ3v) is 2.13. The van der Waals surface area contributed by atoms with Gasteiger partial charge in [-0.25, -0.2) is 4.79 Å².